The first-order valence-electron chi connectivity index (χ1n) is 9.38. The lowest BCUT2D eigenvalue weighted by Crippen LogP contribution is -2.42. The Hall–Kier alpha value is -2.84. The molecule has 7 nitrogen and oxygen atoms in total. The minimum Gasteiger partial charge on any atom is -0.493 e. The molecule has 2 aromatic carbocycles. The molecule has 1 aliphatic heterocycles. The Bertz CT molecular complexity index is 954. The summed E-state index contributed by atoms with van der Waals surface area (Å²) in [5, 5.41) is 5.36. The van der Waals surface area contributed by atoms with E-state index in [9.17, 15) is 14.0 Å². The smallest absolute Gasteiger partial charge is 0.238 e. The van der Waals surface area contributed by atoms with Crippen molar-refractivity contribution in [3.63, 3.8) is 0 Å². The number of anilines is 1. The molecule has 0 aromatic heterocycles. The van der Waals surface area contributed by atoms with Gasteiger partial charge in [0.15, 0.2) is 11.5 Å². The summed E-state index contributed by atoms with van der Waals surface area (Å²) < 4.78 is 23.8. The van der Waals surface area contributed by atoms with E-state index in [-0.39, 0.29) is 29.9 Å². The van der Waals surface area contributed by atoms with Crippen LogP contribution in [0.15, 0.2) is 30.3 Å². The minimum absolute atomic E-state index is 0.0280. The van der Waals surface area contributed by atoms with E-state index in [2.05, 4.69) is 10.6 Å². The quantitative estimate of drug-likeness (QED) is 0.699. The maximum Gasteiger partial charge on any atom is 0.238 e. The van der Waals surface area contributed by atoms with Gasteiger partial charge >= 0.3 is 0 Å². The average molecular weight is 436 g/mol. The molecule has 3 rings (SSSR count). The van der Waals surface area contributed by atoms with Gasteiger partial charge in [0.05, 0.1) is 32.3 Å². The van der Waals surface area contributed by atoms with E-state index in [0.29, 0.717) is 36.7 Å². The number of carbonyl (C=O) groups is 2. The highest BCUT2D eigenvalue weighted by Crippen LogP contribution is 2.33. The summed E-state index contributed by atoms with van der Waals surface area (Å²) in [7, 11) is 3.17. The molecule has 0 bridgehead atoms. The molecule has 160 valence electrons. The second kappa shape index (κ2) is 9.77. The van der Waals surface area contributed by atoms with Crippen LogP contribution < -0.4 is 20.1 Å². The lowest BCUT2D eigenvalue weighted by atomic mass is 9.98. The van der Waals surface area contributed by atoms with Crippen LogP contribution >= 0.6 is 11.6 Å². The van der Waals surface area contributed by atoms with E-state index in [0.717, 1.165) is 11.1 Å². The average Bonchev–Trinajstić information content (AvgIpc) is 2.74. The zero-order valence-corrected chi connectivity index (χ0v) is 17.5. The van der Waals surface area contributed by atoms with Crippen LogP contribution in [0.2, 0.25) is 5.02 Å². The molecule has 30 heavy (non-hydrogen) atoms. The van der Waals surface area contributed by atoms with Gasteiger partial charge in [0.1, 0.15) is 5.82 Å². The van der Waals surface area contributed by atoms with E-state index in [1.165, 1.54) is 18.2 Å². The van der Waals surface area contributed by atoms with Gasteiger partial charge in [0.2, 0.25) is 11.8 Å². The van der Waals surface area contributed by atoms with Gasteiger partial charge < -0.3 is 19.7 Å². The van der Waals surface area contributed by atoms with Crippen LogP contribution in [0, 0.1) is 5.82 Å². The third-order valence-corrected chi connectivity index (χ3v) is 5.13. The first-order valence-corrected chi connectivity index (χ1v) is 9.76. The highest BCUT2D eigenvalue weighted by Gasteiger charge is 2.22. The normalized spacial score (nSPS) is 12.9. The lowest BCUT2D eigenvalue weighted by Gasteiger charge is -2.29. The molecular formula is C21H23ClFN3O4. The highest BCUT2D eigenvalue weighted by atomic mass is 35.5. The van der Waals surface area contributed by atoms with Crippen molar-refractivity contribution in [3.05, 3.63) is 52.3 Å². The van der Waals surface area contributed by atoms with Crippen molar-refractivity contribution in [3.8, 4) is 11.5 Å². The number of nitrogens with one attached hydrogen (secondary N) is 2. The topological polar surface area (TPSA) is 79.9 Å². The molecule has 2 N–H and O–H groups in total. The fourth-order valence-corrected chi connectivity index (χ4v) is 3.45. The number of benzene rings is 2. The predicted molar refractivity (Wildman–Crippen MR) is 112 cm³/mol. The van der Waals surface area contributed by atoms with Crippen LogP contribution in [-0.2, 0) is 22.6 Å². The van der Waals surface area contributed by atoms with Crippen LogP contribution in [0.3, 0.4) is 0 Å². The number of nitrogens with zero attached hydrogens (tertiary/aromatic N) is 1. The van der Waals surface area contributed by atoms with Crippen LogP contribution in [0.25, 0.3) is 0 Å². The van der Waals surface area contributed by atoms with E-state index in [4.69, 9.17) is 21.1 Å². The molecule has 0 unspecified atom stereocenters. The van der Waals surface area contributed by atoms with Gasteiger partial charge in [-0.3, -0.25) is 14.9 Å². The second-order valence-electron chi connectivity index (χ2n) is 6.82. The summed E-state index contributed by atoms with van der Waals surface area (Å²) in [5.74, 6) is 0.282. The summed E-state index contributed by atoms with van der Waals surface area (Å²) in [6.07, 6.45) is 0.716. The fraction of sp³-hybridized carbons (Fsp3) is 0.333. The number of fused-ring (bicyclic) bond motifs is 1. The summed E-state index contributed by atoms with van der Waals surface area (Å²) >= 11 is 5.69. The van der Waals surface area contributed by atoms with E-state index < -0.39 is 5.82 Å². The van der Waals surface area contributed by atoms with Gasteiger partial charge in [-0.25, -0.2) is 4.39 Å². The molecule has 1 heterocycles. The molecule has 0 saturated heterocycles. The number of ether oxygens (including phenoxy) is 2. The van der Waals surface area contributed by atoms with Crippen LogP contribution in [0.5, 0.6) is 11.5 Å². The van der Waals surface area contributed by atoms with Gasteiger partial charge in [-0.05, 0) is 47.9 Å². The lowest BCUT2D eigenvalue weighted by molar-refractivity contribution is -0.131. The van der Waals surface area contributed by atoms with Crippen molar-refractivity contribution < 1.29 is 23.5 Å². The number of halogens is 2. The Labute approximate surface area is 179 Å². The number of carbonyl (C=O) groups excluding carboxylic acids is 2. The molecule has 0 aliphatic carbocycles. The molecule has 2 amide bonds. The maximum atomic E-state index is 13.2. The van der Waals surface area contributed by atoms with E-state index >= 15 is 0 Å². The van der Waals surface area contributed by atoms with Gasteiger partial charge in [-0.15, -0.1) is 0 Å². The number of methoxy groups -OCH3 is 2. The Morgan fingerprint density at radius 3 is 2.47 bits per heavy atom. The molecule has 0 atom stereocenters. The van der Waals surface area contributed by atoms with Crippen molar-refractivity contribution in [2.24, 2.45) is 0 Å². The van der Waals surface area contributed by atoms with Crippen molar-refractivity contribution in [2.45, 2.75) is 13.0 Å². The largest absolute Gasteiger partial charge is 0.493 e. The van der Waals surface area contributed by atoms with Gasteiger partial charge in [-0.1, -0.05) is 11.6 Å². The molecule has 2 aromatic rings. The molecule has 0 radical (unpaired) electrons. The monoisotopic (exact) mass is 435 g/mol. The van der Waals surface area contributed by atoms with Crippen LogP contribution in [0.4, 0.5) is 10.1 Å². The Balaban J connectivity index is 1.49. The zero-order valence-electron chi connectivity index (χ0n) is 16.8. The van der Waals surface area contributed by atoms with E-state index in [1.807, 2.05) is 12.1 Å². The van der Waals surface area contributed by atoms with Crippen molar-refractivity contribution in [1.82, 2.24) is 10.2 Å². The minimum atomic E-state index is -0.558. The maximum absolute atomic E-state index is 13.2. The van der Waals surface area contributed by atoms with Gasteiger partial charge in [-0.2, -0.15) is 0 Å². The fourth-order valence-electron chi connectivity index (χ4n) is 3.27. The van der Waals surface area contributed by atoms with Crippen LogP contribution in [-0.4, -0.2) is 50.6 Å². The summed E-state index contributed by atoms with van der Waals surface area (Å²) in [5.41, 5.74) is 2.52. The number of rotatable bonds is 7. The SMILES string of the molecule is COc1cc2c(cc1OC)CN(C(=O)CNCC(=O)Nc1ccc(F)c(Cl)c1)CC2. The summed E-state index contributed by atoms with van der Waals surface area (Å²) in [4.78, 5) is 26.3. The molecule has 0 fully saturated rings. The van der Waals surface area contributed by atoms with Crippen molar-refractivity contribution >= 4 is 29.1 Å². The molecule has 1 aliphatic rings. The number of hydrogen-bond donors (Lipinski definition) is 2. The summed E-state index contributed by atoms with van der Waals surface area (Å²) in [6, 6.07) is 7.75. The van der Waals surface area contributed by atoms with Crippen LogP contribution in [0.1, 0.15) is 11.1 Å². The molecule has 9 heteroatoms. The van der Waals surface area contributed by atoms with E-state index in [1.54, 1.807) is 19.1 Å². The second-order valence-corrected chi connectivity index (χ2v) is 7.23. The first kappa shape index (κ1) is 21.9. The summed E-state index contributed by atoms with van der Waals surface area (Å²) in [6.45, 7) is 1.02. The Kier molecular flexibility index (Phi) is 7.12. The number of hydrogen-bond acceptors (Lipinski definition) is 5. The zero-order chi connectivity index (χ0) is 21.7. The third kappa shape index (κ3) is 5.20. The Morgan fingerprint density at radius 1 is 1.10 bits per heavy atom. The van der Waals surface area contributed by atoms with Gasteiger partial charge in [0.25, 0.3) is 0 Å². The standard InChI is InChI=1S/C21H23ClFN3O4/c1-29-18-7-13-5-6-26(12-14(13)8-19(18)30-2)21(28)11-24-10-20(27)25-15-3-4-17(23)16(22)9-15/h3-4,7-9,24H,5-6,10-12H2,1-2H3,(H,25,27). The molecule has 0 spiro atoms. The molecular weight excluding hydrogens is 413 g/mol. The Morgan fingerprint density at radius 2 is 1.80 bits per heavy atom. The predicted octanol–water partition coefficient (Wildman–Crippen LogP) is 2.61. The van der Waals surface area contributed by atoms with Crippen molar-refractivity contribution in [2.75, 3.05) is 39.2 Å². The first-order chi connectivity index (χ1) is 14.4. The highest BCUT2D eigenvalue weighted by molar-refractivity contribution is 6.31. The van der Waals surface area contributed by atoms with Gasteiger partial charge in [0, 0.05) is 18.8 Å². The molecule has 0 saturated carbocycles. The van der Waals surface area contributed by atoms with Crippen molar-refractivity contribution in [1.29, 1.82) is 0 Å². The third-order valence-electron chi connectivity index (χ3n) is 4.84. The number of amides is 2.